The van der Waals surface area contributed by atoms with E-state index in [0.717, 1.165) is 6.08 Å². The van der Waals surface area contributed by atoms with Crippen LogP contribution < -0.4 is 4.74 Å². The number of phenolic OH excluding ortho intramolecular Hbond substituents is 1. The summed E-state index contributed by atoms with van der Waals surface area (Å²) in [6, 6.07) is 4.26. The number of aliphatic hydroxyl groups is 9. The van der Waals surface area contributed by atoms with E-state index in [1.54, 1.807) is 0 Å². The summed E-state index contributed by atoms with van der Waals surface area (Å²) in [6.07, 6.45) is -17.0. The SMILES string of the molecule is COc1cc(C=CC(=O)O[C@H]2[C@H](O)[C@@H](CO)O[C@@]2(CO)O[C@@H]2C[C@@H](O)[C@H](O[C@@H]3O[C@@H](CO)[C@@H](O)[C@H](O)[C@H]3O)[C@@H](CO)O2)ccc1O. The van der Waals surface area contributed by atoms with Gasteiger partial charge in [-0.05, 0) is 23.8 Å². The molecular weight excluding hydrogens is 624 g/mol. The van der Waals surface area contributed by atoms with Gasteiger partial charge in [-0.3, -0.25) is 0 Å². The molecule has 0 amide bonds. The molecule has 1 aromatic carbocycles. The fraction of sp³-hybridized carbons (Fsp3) is 0.679. The van der Waals surface area contributed by atoms with E-state index >= 15 is 0 Å². The number of methoxy groups -OCH3 is 1. The van der Waals surface area contributed by atoms with Crippen LogP contribution in [0, 0.1) is 0 Å². The van der Waals surface area contributed by atoms with Crippen LogP contribution in [0.15, 0.2) is 24.3 Å². The number of carbonyl (C=O) groups excluding carboxylic acids is 1. The minimum atomic E-state index is -2.33. The van der Waals surface area contributed by atoms with Gasteiger partial charge in [-0.2, -0.15) is 0 Å². The summed E-state index contributed by atoms with van der Waals surface area (Å²) in [4.78, 5) is 12.8. The minimum absolute atomic E-state index is 0.126. The molecule has 0 radical (unpaired) electrons. The molecular formula is C28H40O18. The molecule has 46 heavy (non-hydrogen) atoms. The summed E-state index contributed by atoms with van der Waals surface area (Å²) in [7, 11) is 1.34. The second-order valence-corrected chi connectivity index (χ2v) is 10.9. The Balaban J connectivity index is 1.47. The predicted octanol–water partition coefficient (Wildman–Crippen LogP) is -4.56. The average Bonchev–Trinajstić information content (AvgIpc) is 3.31. The first-order chi connectivity index (χ1) is 21.9. The second-order valence-electron chi connectivity index (χ2n) is 10.9. The van der Waals surface area contributed by atoms with Crippen LogP contribution in [0.2, 0.25) is 0 Å². The average molecular weight is 665 g/mol. The molecule has 18 heteroatoms. The van der Waals surface area contributed by atoms with Crippen molar-refractivity contribution in [3.8, 4) is 11.5 Å². The molecule has 0 bridgehead atoms. The lowest BCUT2D eigenvalue weighted by Crippen LogP contribution is -2.62. The Labute approximate surface area is 262 Å². The first-order valence-electron chi connectivity index (χ1n) is 14.3. The van der Waals surface area contributed by atoms with Gasteiger partial charge in [0, 0.05) is 12.5 Å². The Morgan fingerprint density at radius 2 is 1.63 bits per heavy atom. The first kappa shape index (κ1) is 36.3. The normalized spacial score (nSPS) is 39.9. The Kier molecular flexibility index (Phi) is 12.3. The Hall–Kier alpha value is -2.53. The third kappa shape index (κ3) is 7.61. The monoisotopic (exact) mass is 664 g/mol. The van der Waals surface area contributed by atoms with E-state index in [9.17, 15) is 55.9 Å². The van der Waals surface area contributed by atoms with Gasteiger partial charge in [0.25, 0.3) is 0 Å². The van der Waals surface area contributed by atoms with Gasteiger partial charge >= 0.3 is 5.97 Å². The van der Waals surface area contributed by atoms with Crippen LogP contribution in [0.5, 0.6) is 11.5 Å². The number of ether oxygens (including phenoxy) is 7. The number of hydrogen-bond donors (Lipinski definition) is 10. The molecule has 0 saturated carbocycles. The van der Waals surface area contributed by atoms with Gasteiger partial charge in [0.15, 0.2) is 30.2 Å². The topological polar surface area (TPSA) is 284 Å². The predicted molar refractivity (Wildman–Crippen MR) is 147 cm³/mol. The lowest BCUT2D eigenvalue weighted by atomic mass is 9.98. The smallest absolute Gasteiger partial charge is 0.331 e. The zero-order chi connectivity index (χ0) is 33.8. The number of rotatable bonds is 12. The molecule has 0 spiro atoms. The number of benzene rings is 1. The summed E-state index contributed by atoms with van der Waals surface area (Å²) in [6.45, 7) is -3.34. The van der Waals surface area contributed by atoms with Gasteiger partial charge < -0.3 is 84.2 Å². The Morgan fingerprint density at radius 3 is 2.26 bits per heavy atom. The van der Waals surface area contributed by atoms with Crippen molar-refractivity contribution in [1.82, 2.24) is 0 Å². The van der Waals surface area contributed by atoms with Gasteiger partial charge in [-0.25, -0.2) is 4.79 Å². The molecule has 3 aliphatic heterocycles. The number of carbonyl (C=O) groups is 1. The van der Waals surface area contributed by atoms with E-state index < -0.39 is 118 Å². The van der Waals surface area contributed by atoms with Gasteiger partial charge in [-0.1, -0.05) is 6.07 Å². The van der Waals surface area contributed by atoms with Gasteiger partial charge in [0.05, 0.1) is 33.0 Å². The largest absolute Gasteiger partial charge is 0.504 e. The highest BCUT2D eigenvalue weighted by Crippen LogP contribution is 2.38. The van der Waals surface area contributed by atoms with E-state index in [1.807, 2.05) is 0 Å². The highest BCUT2D eigenvalue weighted by Gasteiger charge is 2.60. The van der Waals surface area contributed by atoms with Crippen LogP contribution in [0.3, 0.4) is 0 Å². The lowest BCUT2D eigenvalue weighted by molar-refractivity contribution is -0.379. The van der Waals surface area contributed by atoms with Gasteiger partial charge in [0.1, 0.15) is 55.4 Å². The van der Waals surface area contributed by atoms with Crippen LogP contribution in [0.4, 0.5) is 0 Å². The maximum absolute atomic E-state index is 12.8. The fourth-order valence-corrected chi connectivity index (χ4v) is 5.40. The van der Waals surface area contributed by atoms with Crippen LogP contribution in [0.25, 0.3) is 6.08 Å². The van der Waals surface area contributed by atoms with Crippen molar-refractivity contribution >= 4 is 12.0 Å². The number of hydrogen-bond acceptors (Lipinski definition) is 18. The number of esters is 1. The maximum atomic E-state index is 12.8. The molecule has 3 saturated heterocycles. The quantitative estimate of drug-likeness (QED) is 0.0743. The summed E-state index contributed by atoms with van der Waals surface area (Å²) in [5.41, 5.74) is 0.438. The highest BCUT2D eigenvalue weighted by atomic mass is 16.8. The molecule has 260 valence electrons. The summed E-state index contributed by atoms with van der Waals surface area (Å²) in [5, 5.41) is 101. The van der Waals surface area contributed by atoms with E-state index in [-0.39, 0.29) is 11.5 Å². The molecule has 18 nitrogen and oxygen atoms in total. The van der Waals surface area contributed by atoms with Crippen molar-refractivity contribution in [3.05, 3.63) is 29.8 Å². The van der Waals surface area contributed by atoms with Crippen molar-refractivity contribution in [2.75, 3.05) is 33.5 Å². The Bertz CT molecular complexity index is 1180. The number of phenols is 1. The molecule has 13 atom stereocenters. The first-order valence-corrected chi connectivity index (χ1v) is 14.3. The van der Waals surface area contributed by atoms with Crippen LogP contribution in [-0.4, -0.2) is 170 Å². The standard InChI is InChI=1S/C28H40O18/c1-40-15-6-12(2-4-13(15)33)3-5-19(35)43-26-22(37)17(9-30)45-28(26,11-32)46-20-7-14(34)25(18(10-31)41-20)44-27-24(39)23(38)21(36)16(8-29)42-27/h2-6,14,16-18,20-27,29-34,36-39H,7-11H2,1H3/t14-,16+,17-,18-,20-,21-,22-,23+,24-,25+,26+,27+,28+/m1/s1. The van der Waals surface area contributed by atoms with E-state index in [2.05, 4.69) is 0 Å². The molecule has 3 fully saturated rings. The summed E-state index contributed by atoms with van der Waals surface area (Å²) < 4.78 is 38.4. The molecule has 3 aliphatic rings. The van der Waals surface area contributed by atoms with Crippen molar-refractivity contribution < 1.29 is 89.0 Å². The zero-order valence-electron chi connectivity index (χ0n) is 24.6. The van der Waals surface area contributed by atoms with E-state index in [0.29, 0.717) is 5.56 Å². The third-order valence-electron chi connectivity index (χ3n) is 7.89. The molecule has 0 aliphatic carbocycles. The molecule has 1 aromatic rings. The summed E-state index contributed by atoms with van der Waals surface area (Å²) >= 11 is 0. The van der Waals surface area contributed by atoms with E-state index in [1.165, 1.54) is 31.4 Å². The maximum Gasteiger partial charge on any atom is 0.331 e. The van der Waals surface area contributed by atoms with Crippen molar-refractivity contribution in [3.63, 3.8) is 0 Å². The Morgan fingerprint density at radius 1 is 0.935 bits per heavy atom. The fourth-order valence-electron chi connectivity index (χ4n) is 5.40. The molecule has 0 aromatic heterocycles. The van der Waals surface area contributed by atoms with Crippen molar-refractivity contribution in [1.29, 1.82) is 0 Å². The molecule has 10 N–H and O–H groups in total. The molecule has 4 rings (SSSR count). The minimum Gasteiger partial charge on any atom is -0.504 e. The van der Waals surface area contributed by atoms with Crippen molar-refractivity contribution in [2.45, 2.75) is 85.8 Å². The molecule has 0 unspecified atom stereocenters. The number of aliphatic hydroxyl groups excluding tert-OH is 9. The third-order valence-corrected chi connectivity index (χ3v) is 7.89. The van der Waals surface area contributed by atoms with Crippen molar-refractivity contribution in [2.24, 2.45) is 0 Å². The summed E-state index contributed by atoms with van der Waals surface area (Å²) in [5.74, 6) is -3.33. The molecule has 3 heterocycles. The van der Waals surface area contributed by atoms with Crippen LogP contribution >= 0.6 is 0 Å². The highest BCUT2D eigenvalue weighted by molar-refractivity contribution is 5.87. The van der Waals surface area contributed by atoms with Gasteiger partial charge in [-0.15, -0.1) is 0 Å². The van der Waals surface area contributed by atoms with Crippen LogP contribution in [0.1, 0.15) is 12.0 Å². The van der Waals surface area contributed by atoms with Gasteiger partial charge in [0.2, 0.25) is 5.79 Å². The zero-order valence-corrected chi connectivity index (χ0v) is 24.6. The van der Waals surface area contributed by atoms with E-state index in [4.69, 9.17) is 33.2 Å². The van der Waals surface area contributed by atoms with Crippen LogP contribution in [-0.2, 0) is 33.2 Å². The second kappa shape index (κ2) is 15.6. The number of aromatic hydroxyl groups is 1. The lowest BCUT2D eigenvalue weighted by Gasteiger charge is -2.45.